The molecule has 2 N–H and O–H groups in total. The van der Waals surface area contributed by atoms with Crippen LogP contribution in [0.2, 0.25) is 0 Å². The number of hydrogen-bond donors (Lipinski definition) is 2. The van der Waals surface area contributed by atoms with Crippen LogP contribution < -0.4 is 5.32 Å². The number of hydrogen-bond acceptors (Lipinski definition) is 8. The summed E-state index contributed by atoms with van der Waals surface area (Å²) in [6.07, 6.45) is 2.06. The number of rotatable bonds is 11. The number of allylic oxidation sites excluding steroid dienone is 1. The topological polar surface area (TPSA) is 145 Å². The lowest BCUT2D eigenvalue weighted by Gasteiger charge is -2.72. The molecular weight excluding hydrogens is 860 g/mol. The predicted octanol–water partition coefficient (Wildman–Crippen LogP) is 11.2. The van der Waals surface area contributed by atoms with Gasteiger partial charge < -0.3 is 14.8 Å². The number of carbonyl (C=O) groups excluding carboxylic acids is 5. The average molecular weight is 932 g/mol. The van der Waals surface area contributed by atoms with E-state index in [-0.39, 0.29) is 88.4 Å². The van der Waals surface area contributed by atoms with Gasteiger partial charge in [-0.25, -0.2) is 0 Å². The Morgan fingerprint density at radius 3 is 2.13 bits per heavy atom. The van der Waals surface area contributed by atoms with E-state index in [0.717, 1.165) is 61.7 Å². The van der Waals surface area contributed by atoms with Crippen molar-refractivity contribution in [2.75, 3.05) is 0 Å². The summed E-state index contributed by atoms with van der Waals surface area (Å²) in [4.78, 5) is 69.1. The maximum absolute atomic E-state index is 14.4. The SMILES string of the molecule is CC(C)C1=C2[C@H]3CC[C@@H]4[C@@]5(C)CC[C@H](OC(=O)[C@H]6C[C@@H](C(=O)OCc7ccccc7)C6(C)C)C(C)(C)[C@@H]5CC[C@@]4(C)[C@]3(C)CC[C@@]2(NC(=O)C(C)(C)CC(=O)c2cc(C(F)(F)F)[nH]n2)CC1=O. The lowest BCUT2D eigenvalue weighted by atomic mass is 9.33. The number of H-pyrrole nitrogens is 1. The fourth-order valence-electron chi connectivity index (χ4n) is 15.3. The number of Topliss-reactive ketones (excluding diaryl/α,β-unsaturated/α-hetero) is 2. The molecule has 10 atom stereocenters. The van der Waals surface area contributed by atoms with Crippen LogP contribution in [0, 0.1) is 68.0 Å². The molecule has 2 aromatic rings. The number of nitrogens with zero attached hydrogens (tertiary/aromatic N) is 1. The minimum atomic E-state index is -4.69. The summed E-state index contributed by atoms with van der Waals surface area (Å²) in [5.41, 5.74) is -2.16. The molecule has 0 spiro atoms. The molecule has 8 rings (SSSR count). The van der Waals surface area contributed by atoms with E-state index in [1.807, 2.05) is 63.1 Å². The van der Waals surface area contributed by atoms with Crippen LogP contribution in [0.5, 0.6) is 0 Å². The van der Waals surface area contributed by atoms with Gasteiger partial charge in [0.2, 0.25) is 5.91 Å². The van der Waals surface area contributed by atoms with Gasteiger partial charge in [-0.15, -0.1) is 0 Å². The van der Waals surface area contributed by atoms with Crippen molar-refractivity contribution < 1.29 is 46.6 Å². The number of aromatic amines is 1. The summed E-state index contributed by atoms with van der Waals surface area (Å²) < 4.78 is 52.1. The molecule has 6 aliphatic carbocycles. The van der Waals surface area contributed by atoms with Crippen LogP contribution in [0.3, 0.4) is 0 Å². The van der Waals surface area contributed by atoms with Gasteiger partial charge >= 0.3 is 18.1 Å². The zero-order chi connectivity index (χ0) is 49.1. The number of halogens is 3. The van der Waals surface area contributed by atoms with Crippen molar-refractivity contribution in [2.24, 2.45) is 68.0 Å². The molecular formula is C54H72F3N3O7. The van der Waals surface area contributed by atoms with E-state index in [1.54, 1.807) is 13.8 Å². The van der Waals surface area contributed by atoms with Crippen molar-refractivity contribution in [1.29, 1.82) is 0 Å². The third-order valence-electron chi connectivity index (χ3n) is 19.4. The zero-order valence-electron chi connectivity index (χ0n) is 41.4. The van der Waals surface area contributed by atoms with Crippen LogP contribution in [-0.4, -0.2) is 51.3 Å². The molecule has 366 valence electrons. The van der Waals surface area contributed by atoms with Crippen molar-refractivity contribution in [1.82, 2.24) is 15.5 Å². The lowest BCUT2D eigenvalue weighted by Crippen LogP contribution is -2.67. The van der Waals surface area contributed by atoms with Gasteiger partial charge in [-0.3, -0.25) is 29.1 Å². The minimum Gasteiger partial charge on any atom is -0.462 e. The first-order valence-electron chi connectivity index (χ1n) is 24.7. The summed E-state index contributed by atoms with van der Waals surface area (Å²) >= 11 is 0. The van der Waals surface area contributed by atoms with Crippen LogP contribution in [-0.2, 0) is 41.4 Å². The Morgan fingerprint density at radius 2 is 1.51 bits per heavy atom. The van der Waals surface area contributed by atoms with Gasteiger partial charge in [0.1, 0.15) is 24.1 Å². The fourth-order valence-corrected chi connectivity index (χ4v) is 15.3. The summed E-state index contributed by atoms with van der Waals surface area (Å²) in [7, 11) is 0. The molecule has 1 aromatic carbocycles. The second-order valence-corrected chi connectivity index (χ2v) is 24.4. The Labute approximate surface area is 394 Å². The Hall–Kier alpha value is -4.29. The Balaban J connectivity index is 0.976. The number of nitrogens with one attached hydrogen (secondary N) is 2. The normalized spacial score (nSPS) is 35.4. The minimum absolute atomic E-state index is 0.0357. The molecule has 1 amide bonds. The molecule has 6 aliphatic rings. The van der Waals surface area contributed by atoms with E-state index in [9.17, 15) is 37.1 Å². The first-order chi connectivity index (χ1) is 31.0. The zero-order valence-corrected chi connectivity index (χ0v) is 41.4. The number of alkyl halides is 3. The Morgan fingerprint density at radius 1 is 0.836 bits per heavy atom. The van der Waals surface area contributed by atoms with Gasteiger partial charge in [0.15, 0.2) is 11.6 Å². The number of carbonyl (C=O) groups is 5. The molecule has 1 heterocycles. The number of amides is 1. The molecule has 1 aromatic heterocycles. The lowest BCUT2D eigenvalue weighted by molar-refractivity contribution is -0.235. The highest BCUT2D eigenvalue weighted by Gasteiger charge is 2.71. The molecule has 0 aliphatic heterocycles. The van der Waals surface area contributed by atoms with E-state index in [4.69, 9.17) is 9.47 Å². The van der Waals surface area contributed by atoms with Crippen LogP contribution in [0.4, 0.5) is 13.2 Å². The van der Waals surface area contributed by atoms with Crippen molar-refractivity contribution in [3.8, 4) is 0 Å². The number of aromatic nitrogens is 2. The quantitative estimate of drug-likeness (QED) is 0.167. The molecule has 67 heavy (non-hydrogen) atoms. The molecule has 0 saturated heterocycles. The second kappa shape index (κ2) is 16.4. The summed E-state index contributed by atoms with van der Waals surface area (Å²) in [5.74, 6) is -1.68. The van der Waals surface area contributed by atoms with E-state index in [0.29, 0.717) is 30.7 Å². The van der Waals surface area contributed by atoms with Gasteiger partial charge in [-0.05, 0) is 126 Å². The number of ether oxygens (including phenoxy) is 2. The van der Waals surface area contributed by atoms with E-state index < -0.39 is 45.8 Å². The largest absolute Gasteiger partial charge is 0.462 e. The number of benzene rings is 1. The Kier molecular flexibility index (Phi) is 12.0. The molecule has 5 fully saturated rings. The van der Waals surface area contributed by atoms with E-state index in [1.165, 1.54) is 0 Å². The van der Waals surface area contributed by atoms with Crippen molar-refractivity contribution >= 4 is 29.4 Å². The summed E-state index contributed by atoms with van der Waals surface area (Å²) in [5, 5.41) is 8.85. The smallest absolute Gasteiger partial charge is 0.432 e. The Bertz CT molecular complexity index is 2370. The van der Waals surface area contributed by atoms with Crippen molar-refractivity contribution in [3.05, 3.63) is 64.5 Å². The van der Waals surface area contributed by atoms with Gasteiger partial charge in [-0.2, -0.15) is 18.3 Å². The van der Waals surface area contributed by atoms with Gasteiger partial charge in [-0.1, -0.05) is 106 Å². The highest BCUT2D eigenvalue weighted by Crippen LogP contribution is 2.76. The molecule has 13 heteroatoms. The molecule has 0 radical (unpaired) electrons. The predicted molar refractivity (Wildman–Crippen MR) is 246 cm³/mol. The fraction of sp³-hybridized carbons (Fsp3) is 0.704. The van der Waals surface area contributed by atoms with E-state index in [2.05, 4.69) is 45.0 Å². The van der Waals surface area contributed by atoms with Crippen LogP contribution >= 0.6 is 0 Å². The van der Waals surface area contributed by atoms with E-state index >= 15 is 0 Å². The summed E-state index contributed by atoms with van der Waals surface area (Å²) in [6, 6.07) is 10.3. The van der Waals surface area contributed by atoms with Crippen molar-refractivity contribution in [2.45, 2.75) is 171 Å². The molecule has 0 bridgehead atoms. The third-order valence-corrected chi connectivity index (χ3v) is 19.4. The standard InChI is InChI=1S/C54H72F3N3O7/c1-30(2)42-37(62)28-53(58-46(65)47(3,4)27-36(61)35-26-40(60-59-35)54(55,56)57)24-23-51(10)32(43(42)53)17-18-39-50(9)21-20-41(49(7,8)38(50)19-22-52(39,51)11)67-45(64)34-25-33(48(34,5)6)44(63)66-29-31-15-13-12-14-16-31/h12-16,26,30,32-34,38-39,41H,17-25,27-29H2,1-11H3,(H,58,65)(H,59,60)/t32-,33+,34-,38+,39-,41+,50+,51-,52-,53-/m1/s1. The number of fused-ring (bicyclic) bond motifs is 7. The molecule has 0 unspecified atom stereocenters. The maximum atomic E-state index is 14.4. The maximum Gasteiger partial charge on any atom is 0.432 e. The molecule has 5 saturated carbocycles. The van der Waals surface area contributed by atoms with Gasteiger partial charge in [0, 0.05) is 18.3 Å². The highest BCUT2D eigenvalue weighted by molar-refractivity contribution is 6.03. The number of esters is 2. The highest BCUT2D eigenvalue weighted by atomic mass is 19.4. The van der Waals surface area contributed by atoms with Crippen molar-refractivity contribution in [3.63, 3.8) is 0 Å². The van der Waals surface area contributed by atoms with Crippen LogP contribution in [0.25, 0.3) is 0 Å². The van der Waals surface area contributed by atoms with Crippen LogP contribution in [0.1, 0.15) is 169 Å². The van der Waals surface area contributed by atoms with Gasteiger partial charge in [0.05, 0.1) is 22.8 Å². The third kappa shape index (κ3) is 7.82. The first-order valence-corrected chi connectivity index (χ1v) is 24.7. The van der Waals surface area contributed by atoms with Crippen LogP contribution in [0.15, 0.2) is 47.5 Å². The van der Waals surface area contributed by atoms with Gasteiger partial charge in [0.25, 0.3) is 0 Å². The number of ketones is 2. The summed E-state index contributed by atoms with van der Waals surface area (Å²) in [6.45, 7) is 23.4. The molecule has 10 nitrogen and oxygen atoms in total. The first kappa shape index (κ1) is 49.1. The second-order valence-electron chi connectivity index (χ2n) is 24.4. The average Bonchev–Trinajstić information content (AvgIpc) is 3.85. The monoisotopic (exact) mass is 932 g/mol.